The zero-order chi connectivity index (χ0) is 15.7. The first kappa shape index (κ1) is 18.2. The highest BCUT2D eigenvalue weighted by atomic mass is 32.2. The van der Waals surface area contributed by atoms with Crippen molar-refractivity contribution >= 4 is 10.1 Å². The Kier molecular flexibility index (Phi) is 7.97. The fourth-order valence-corrected chi connectivity index (χ4v) is 3.63. The Morgan fingerprint density at radius 1 is 0.952 bits per heavy atom. The highest BCUT2D eigenvalue weighted by molar-refractivity contribution is 7.85. The molecule has 0 bridgehead atoms. The molecule has 1 unspecified atom stereocenters. The molecular weight excluding hydrogens is 284 g/mol. The zero-order valence-corrected chi connectivity index (χ0v) is 14.0. The molecule has 1 aromatic rings. The molecule has 0 saturated heterocycles. The van der Waals surface area contributed by atoms with E-state index in [-0.39, 0.29) is 10.8 Å². The maximum absolute atomic E-state index is 11.5. The van der Waals surface area contributed by atoms with Gasteiger partial charge in [0.1, 0.15) is 0 Å². The minimum atomic E-state index is -4.14. The molecule has 1 aromatic carbocycles. The van der Waals surface area contributed by atoms with Crippen molar-refractivity contribution in [1.29, 1.82) is 0 Å². The average molecular weight is 312 g/mol. The van der Waals surface area contributed by atoms with E-state index in [1.165, 1.54) is 31.7 Å². The second kappa shape index (κ2) is 9.21. The first-order valence-electron chi connectivity index (χ1n) is 8.07. The van der Waals surface area contributed by atoms with Gasteiger partial charge in [0.05, 0.1) is 4.90 Å². The Morgan fingerprint density at radius 3 is 2.24 bits per heavy atom. The Hall–Kier alpha value is -0.870. The summed E-state index contributed by atoms with van der Waals surface area (Å²) in [5, 5.41) is 0. The summed E-state index contributed by atoms with van der Waals surface area (Å²) in [5.41, 5.74) is 0.775. The molecule has 0 fully saturated rings. The first-order chi connectivity index (χ1) is 10.0. The minimum Gasteiger partial charge on any atom is -0.282 e. The van der Waals surface area contributed by atoms with E-state index in [4.69, 9.17) is 0 Å². The molecule has 0 saturated carbocycles. The second-order valence-corrected chi connectivity index (χ2v) is 7.09. The van der Waals surface area contributed by atoms with Gasteiger partial charge in [-0.25, -0.2) is 0 Å². The van der Waals surface area contributed by atoms with Crippen LogP contribution in [0.5, 0.6) is 0 Å². The molecule has 1 atom stereocenters. The maximum atomic E-state index is 11.5. The van der Waals surface area contributed by atoms with E-state index >= 15 is 0 Å². The lowest BCUT2D eigenvalue weighted by molar-refractivity contribution is 0.474. The molecule has 0 aliphatic heterocycles. The van der Waals surface area contributed by atoms with E-state index in [9.17, 15) is 13.0 Å². The van der Waals surface area contributed by atoms with E-state index in [2.05, 4.69) is 13.8 Å². The monoisotopic (exact) mass is 312 g/mol. The Bertz CT molecular complexity index is 509. The van der Waals surface area contributed by atoms with Crippen molar-refractivity contribution < 1.29 is 13.0 Å². The summed E-state index contributed by atoms with van der Waals surface area (Å²) >= 11 is 0. The quantitative estimate of drug-likeness (QED) is 0.478. The van der Waals surface area contributed by atoms with Crippen molar-refractivity contribution in [3.05, 3.63) is 29.8 Å². The lowest BCUT2D eigenvalue weighted by atomic mass is 9.89. The Labute approximate surface area is 129 Å². The van der Waals surface area contributed by atoms with Crippen LogP contribution in [0.3, 0.4) is 0 Å². The van der Waals surface area contributed by atoms with Gasteiger partial charge in [0.15, 0.2) is 0 Å². The lowest BCUT2D eigenvalue weighted by Gasteiger charge is -2.19. The van der Waals surface area contributed by atoms with Crippen molar-refractivity contribution in [2.24, 2.45) is 0 Å². The van der Waals surface area contributed by atoms with Crippen LogP contribution in [0.4, 0.5) is 0 Å². The summed E-state index contributed by atoms with van der Waals surface area (Å²) in [4.78, 5) is 0.0806. The van der Waals surface area contributed by atoms with Gasteiger partial charge < -0.3 is 0 Å². The van der Waals surface area contributed by atoms with Crippen molar-refractivity contribution in [3.63, 3.8) is 0 Å². The topological polar surface area (TPSA) is 54.4 Å². The Morgan fingerprint density at radius 2 is 1.62 bits per heavy atom. The summed E-state index contributed by atoms with van der Waals surface area (Å²) < 4.78 is 32.5. The normalized spacial score (nSPS) is 13.3. The van der Waals surface area contributed by atoms with Crippen molar-refractivity contribution in [3.8, 4) is 0 Å². The van der Waals surface area contributed by atoms with Crippen LogP contribution in [0.1, 0.15) is 76.7 Å². The van der Waals surface area contributed by atoms with E-state index in [1.807, 2.05) is 12.1 Å². The third-order valence-electron chi connectivity index (χ3n) is 3.93. The van der Waals surface area contributed by atoms with Gasteiger partial charge in [-0.2, -0.15) is 8.42 Å². The summed E-state index contributed by atoms with van der Waals surface area (Å²) in [5.74, 6) is 0.217. The summed E-state index contributed by atoms with van der Waals surface area (Å²) in [6.07, 6.45) is 9.01. The summed E-state index contributed by atoms with van der Waals surface area (Å²) in [6, 6.07) is 6.86. The van der Waals surface area contributed by atoms with Crippen molar-refractivity contribution in [1.82, 2.24) is 0 Å². The van der Waals surface area contributed by atoms with E-state index < -0.39 is 10.1 Å². The molecule has 1 rings (SSSR count). The molecule has 0 radical (unpaired) electrons. The maximum Gasteiger partial charge on any atom is 0.294 e. The van der Waals surface area contributed by atoms with Crippen LogP contribution in [-0.2, 0) is 10.1 Å². The van der Waals surface area contributed by atoms with Gasteiger partial charge in [-0.05, 0) is 30.4 Å². The third kappa shape index (κ3) is 6.18. The minimum absolute atomic E-state index is 0.0806. The smallest absolute Gasteiger partial charge is 0.282 e. The van der Waals surface area contributed by atoms with Gasteiger partial charge >= 0.3 is 0 Å². The molecule has 0 spiro atoms. The fourth-order valence-electron chi connectivity index (χ4n) is 2.85. The van der Waals surface area contributed by atoms with Crippen LogP contribution in [-0.4, -0.2) is 13.0 Å². The molecule has 1 N–H and O–H groups in total. The van der Waals surface area contributed by atoms with Crippen LogP contribution in [0.15, 0.2) is 29.2 Å². The number of benzene rings is 1. The summed E-state index contributed by atoms with van der Waals surface area (Å²) in [7, 11) is -4.14. The van der Waals surface area contributed by atoms with E-state index in [0.29, 0.717) is 0 Å². The molecule has 0 amide bonds. The van der Waals surface area contributed by atoms with Crippen LogP contribution < -0.4 is 0 Å². The summed E-state index contributed by atoms with van der Waals surface area (Å²) in [6.45, 7) is 4.31. The predicted molar refractivity (Wildman–Crippen MR) is 87.3 cm³/mol. The highest BCUT2D eigenvalue weighted by Crippen LogP contribution is 2.32. The fraction of sp³-hybridized carbons (Fsp3) is 0.647. The molecule has 120 valence electrons. The third-order valence-corrected chi connectivity index (χ3v) is 4.86. The lowest BCUT2D eigenvalue weighted by Crippen LogP contribution is -2.08. The molecule has 0 aliphatic carbocycles. The number of rotatable bonds is 10. The largest absolute Gasteiger partial charge is 0.294 e. The van der Waals surface area contributed by atoms with Crippen LogP contribution in [0.25, 0.3) is 0 Å². The standard InChI is InChI=1S/C17H28O3S/c1-3-5-6-7-8-12-15(11-4-2)16-13-9-10-14-17(16)21(18,19)20/h9-10,13-15H,3-8,11-12H2,1-2H3,(H,18,19,20). The van der Waals surface area contributed by atoms with Crippen LogP contribution in [0, 0.1) is 0 Å². The predicted octanol–water partition coefficient (Wildman–Crippen LogP) is 5.18. The van der Waals surface area contributed by atoms with Gasteiger partial charge in [0, 0.05) is 0 Å². The zero-order valence-electron chi connectivity index (χ0n) is 13.2. The number of hydrogen-bond donors (Lipinski definition) is 1. The van der Waals surface area contributed by atoms with Gasteiger partial charge in [-0.1, -0.05) is 70.6 Å². The Balaban J connectivity index is 2.81. The molecule has 21 heavy (non-hydrogen) atoms. The molecular formula is C17H28O3S. The van der Waals surface area contributed by atoms with Crippen LogP contribution >= 0.6 is 0 Å². The molecule has 0 aromatic heterocycles. The first-order valence-corrected chi connectivity index (χ1v) is 9.51. The number of unbranched alkanes of at least 4 members (excludes halogenated alkanes) is 4. The van der Waals surface area contributed by atoms with E-state index in [0.717, 1.165) is 31.2 Å². The van der Waals surface area contributed by atoms with Gasteiger partial charge in [0.25, 0.3) is 10.1 Å². The van der Waals surface area contributed by atoms with Crippen molar-refractivity contribution in [2.45, 2.75) is 76.0 Å². The second-order valence-electron chi connectivity index (χ2n) is 5.70. The SMILES string of the molecule is CCCCCCCC(CCC)c1ccccc1S(=O)(=O)O. The molecule has 4 heteroatoms. The molecule has 3 nitrogen and oxygen atoms in total. The van der Waals surface area contributed by atoms with Gasteiger partial charge in [-0.3, -0.25) is 4.55 Å². The molecule has 0 aliphatic rings. The van der Waals surface area contributed by atoms with Gasteiger partial charge in [0.2, 0.25) is 0 Å². The van der Waals surface area contributed by atoms with Crippen LogP contribution in [0.2, 0.25) is 0 Å². The van der Waals surface area contributed by atoms with Gasteiger partial charge in [-0.15, -0.1) is 0 Å². The van der Waals surface area contributed by atoms with Crippen molar-refractivity contribution in [2.75, 3.05) is 0 Å². The van der Waals surface area contributed by atoms with E-state index in [1.54, 1.807) is 6.07 Å². The highest BCUT2D eigenvalue weighted by Gasteiger charge is 2.20. The average Bonchev–Trinajstić information content (AvgIpc) is 2.45. The molecule has 0 heterocycles. The number of hydrogen-bond acceptors (Lipinski definition) is 2.